The van der Waals surface area contributed by atoms with Gasteiger partial charge in [-0.15, -0.1) is 12.4 Å². The number of nitrogens with two attached hydrogens (primary N) is 1. The largest absolute Gasteiger partial charge is 0.355 e. The van der Waals surface area contributed by atoms with Gasteiger partial charge in [0.2, 0.25) is 5.91 Å². The van der Waals surface area contributed by atoms with Crippen LogP contribution in [0, 0.1) is 0 Å². The molecule has 0 rings (SSSR count). The number of unbranched alkanes of at least 4 members (excludes halogenated alkanes) is 2. The lowest BCUT2D eigenvalue weighted by Gasteiger charge is -2.07. The van der Waals surface area contributed by atoms with Gasteiger partial charge in [0.25, 0.3) is 0 Å². The highest BCUT2D eigenvalue weighted by Gasteiger charge is 2.15. The third-order valence-electron chi connectivity index (χ3n) is 2.33. The number of sulfone groups is 1. The molecule has 0 aromatic carbocycles. The van der Waals surface area contributed by atoms with Crippen LogP contribution in [0.25, 0.3) is 0 Å². The third kappa shape index (κ3) is 12.1. The molecule has 0 radical (unpaired) electrons. The maximum absolute atomic E-state index is 11.5. The first-order valence-electron chi connectivity index (χ1n) is 6.10. The Hall–Kier alpha value is -0.330. The zero-order valence-corrected chi connectivity index (χ0v) is 12.8. The fourth-order valence-electron chi connectivity index (χ4n) is 1.33. The van der Waals surface area contributed by atoms with Crippen LogP contribution in [-0.4, -0.2) is 38.4 Å². The molecule has 0 aromatic rings. The molecule has 0 saturated carbocycles. The van der Waals surface area contributed by atoms with E-state index in [0.717, 1.165) is 12.8 Å². The summed E-state index contributed by atoms with van der Waals surface area (Å²) in [6.07, 6.45) is 3.13. The second-order valence-corrected chi connectivity index (χ2v) is 6.60. The van der Waals surface area contributed by atoms with E-state index in [1.165, 1.54) is 0 Å². The van der Waals surface area contributed by atoms with Crippen molar-refractivity contribution < 1.29 is 13.2 Å². The smallest absolute Gasteiger partial charge is 0.235 e. The fourth-order valence-corrected chi connectivity index (χ4v) is 2.62. The molecule has 3 N–H and O–H groups in total. The van der Waals surface area contributed by atoms with Gasteiger partial charge in [-0.3, -0.25) is 4.79 Å². The summed E-state index contributed by atoms with van der Waals surface area (Å²) in [6, 6.07) is 0.0106. The predicted molar refractivity (Wildman–Crippen MR) is 76.7 cm³/mol. The molecule has 0 heterocycles. The molecule has 1 unspecified atom stereocenters. The fraction of sp³-hybridized carbons (Fsp3) is 0.909. The summed E-state index contributed by atoms with van der Waals surface area (Å²) in [5, 5.41) is 2.56. The molecule has 0 spiro atoms. The van der Waals surface area contributed by atoms with Crippen molar-refractivity contribution in [1.29, 1.82) is 0 Å². The van der Waals surface area contributed by atoms with Crippen LogP contribution in [0.15, 0.2) is 0 Å². The van der Waals surface area contributed by atoms with Crippen LogP contribution < -0.4 is 11.1 Å². The number of rotatable bonds is 9. The van der Waals surface area contributed by atoms with E-state index in [9.17, 15) is 13.2 Å². The van der Waals surface area contributed by atoms with Gasteiger partial charge in [0, 0.05) is 12.6 Å². The van der Waals surface area contributed by atoms with Gasteiger partial charge in [0.05, 0.1) is 5.75 Å². The van der Waals surface area contributed by atoms with Gasteiger partial charge in [-0.2, -0.15) is 0 Å². The molecule has 0 aliphatic heterocycles. The molecule has 7 heteroatoms. The maximum Gasteiger partial charge on any atom is 0.235 e. The summed E-state index contributed by atoms with van der Waals surface area (Å²) in [5.74, 6) is -0.737. The van der Waals surface area contributed by atoms with Crippen molar-refractivity contribution in [3.8, 4) is 0 Å². The van der Waals surface area contributed by atoms with Crippen molar-refractivity contribution in [3.63, 3.8) is 0 Å². The molecular formula is C11H25ClN2O3S. The molecule has 0 bridgehead atoms. The summed E-state index contributed by atoms with van der Waals surface area (Å²) < 4.78 is 23.1. The molecule has 0 aromatic heterocycles. The van der Waals surface area contributed by atoms with E-state index >= 15 is 0 Å². The van der Waals surface area contributed by atoms with Gasteiger partial charge in [0.15, 0.2) is 9.84 Å². The van der Waals surface area contributed by atoms with Crippen molar-refractivity contribution in [2.45, 2.75) is 45.6 Å². The average Bonchev–Trinajstić information content (AvgIpc) is 2.16. The lowest BCUT2D eigenvalue weighted by Crippen LogP contribution is -2.34. The van der Waals surface area contributed by atoms with Gasteiger partial charge in [-0.25, -0.2) is 8.42 Å². The molecule has 1 amide bonds. The molecule has 0 saturated heterocycles. The maximum atomic E-state index is 11.5. The first-order valence-corrected chi connectivity index (χ1v) is 7.92. The molecule has 0 fully saturated rings. The van der Waals surface area contributed by atoms with Crippen LogP contribution in [0.3, 0.4) is 0 Å². The van der Waals surface area contributed by atoms with Gasteiger partial charge < -0.3 is 11.1 Å². The molecular weight excluding hydrogens is 276 g/mol. The highest BCUT2D eigenvalue weighted by Crippen LogP contribution is 2.00. The minimum atomic E-state index is -3.25. The quantitative estimate of drug-likeness (QED) is 0.618. The van der Waals surface area contributed by atoms with Crippen LogP contribution in [0.5, 0.6) is 0 Å². The third-order valence-corrected chi connectivity index (χ3v) is 3.94. The number of amides is 1. The second kappa shape index (κ2) is 10.6. The Bertz CT molecular complexity index is 318. The molecule has 110 valence electrons. The van der Waals surface area contributed by atoms with E-state index < -0.39 is 21.5 Å². The Labute approximate surface area is 116 Å². The van der Waals surface area contributed by atoms with Gasteiger partial charge in [-0.1, -0.05) is 19.8 Å². The number of halogens is 1. The van der Waals surface area contributed by atoms with Gasteiger partial charge >= 0.3 is 0 Å². The summed E-state index contributed by atoms with van der Waals surface area (Å²) in [6.45, 7) is 4.28. The predicted octanol–water partition coefficient (Wildman–Crippen LogP) is 0.867. The lowest BCUT2D eigenvalue weighted by molar-refractivity contribution is -0.118. The SMILES string of the molecule is CCCCCS(=O)(=O)CC(=O)NCCC(C)N.Cl. The first kappa shape index (κ1) is 20.0. The second-order valence-electron chi connectivity index (χ2n) is 4.42. The van der Waals surface area contributed by atoms with Crippen LogP contribution in [-0.2, 0) is 14.6 Å². The zero-order chi connectivity index (χ0) is 13.3. The van der Waals surface area contributed by atoms with E-state index in [2.05, 4.69) is 5.32 Å². The van der Waals surface area contributed by atoms with E-state index in [1.807, 2.05) is 13.8 Å². The zero-order valence-electron chi connectivity index (χ0n) is 11.1. The van der Waals surface area contributed by atoms with Crippen LogP contribution >= 0.6 is 12.4 Å². The summed E-state index contributed by atoms with van der Waals surface area (Å²) in [7, 11) is -3.25. The highest BCUT2D eigenvalue weighted by molar-refractivity contribution is 7.92. The number of carbonyl (C=O) groups is 1. The molecule has 18 heavy (non-hydrogen) atoms. The van der Waals surface area contributed by atoms with Crippen molar-refractivity contribution in [2.24, 2.45) is 5.73 Å². The topological polar surface area (TPSA) is 89.3 Å². The van der Waals surface area contributed by atoms with E-state index in [-0.39, 0.29) is 24.2 Å². The van der Waals surface area contributed by atoms with Crippen molar-refractivity contribution in [1.82, 2.24) is 5.32 Å². The van der Waals surface area contributed by atoms with Crippen molar-refractivity contribution in [2.75, 3.05) is 18.1 Å². The molecule has 0 aliphatic carbocycles. The lowest BCUT2D eigenvalue weighted by atomic mass is 10.2. The Morgan fingerprint density at radius 1 is 1.33 bits per heavy atom. The van der Waals surface area contributed by atoms with Crippen LogP contribution in [0.2, 0.25) is 0 Å². The van der Waals surface area contributed by atoms with Crippen LogP contribution in [0.1, 0.15) is 39.5 Å². The van der Waals surface area contributed by atoms with E-state index in [1.54, 1.807) is 0 Å². The Kier molecular flexibility index (Phi) is 11.8. The molecule has 5 nitrogen and oxygen atoms in total. The standard InChI is InChI=1S/C11H24N2O3S.ClH/c1-3-4-5-8-17(15,16)9-11(14)13-7-6-10(2)12;/h10H,3-9,12H2,1-2H3,(H,13,14);1H. The summed E-state index contributed by atoms with van der Waals surface area (Å²) >= 11 is 0. The monoisotopic (exact) mass is 300 g/mol. The number of nitrogens with one attached hydrogen (secondary N) is 1. The normalized spacial score (nSPS) is 12.6. The highest BCUT2D eigenvalue weighted by atomic mass is 35.5. The number of hydrogen-bond donors (Lipinski definition) is 2. The van der Waals surface area contributed by atoms with Crippen molar-refractivity contribution in [3.05, 3.63) is 0 Å². The minimum Gasteiger partial charge on any atom is -0.355 e. The Morgan fingerprint density at radius 3 is 2.44 bits per heavy atom. The number of carbonyl (C=O) groups excluding carboxylic acids is 1. The van der Waals surface area contributed by atoms with Crippen molar-refractivity contribution >= 4 is 28.2 Å². The van der Waals surface area contributed by atoms with Crippen LogP contribution in [0.4, 0.5) is 0 Å². The summed E-state index contributed by atoms with van der Waals surface area (Å²) in [4.78, 5) is 11.3. The first-order chi connectivity index (χ1) is 7.87. The molecule has 1 atom stereocenters. The summed E-state index contributed by atoms with van der Waals surface area (Å²) in [5.41, 5.74) is 5.52. The van der Waals surface area contributed by atoms with E-state index in [4.69, 9.17) is 5.73 Å². The Balaban J connectivity index is 0. The minimum absolute atomic E-state index is 0. The van der Waals surface area contributed by atoms with Gasteiger partial charge in [-0.05, 0) is 19.8 Å². The average molecular weight is 301 g/mol. The molecule has 0 aliphatic rings. The van der Waals surface area contributed by atoms with Gasteiger partial charge in [0.1, 0.15) is 5.75 Å². The Morgan fingerprint density at radius 2 is 1.94 bits per heavy atom. The van der Waals surface area contributed by atoms with E-state index in [0.29, 0.717) is 19.4 Å². The number of hydrogen-bond acceptors (Lipinski definition) is 4.